The summed E-state index contributed by atoms with van der Waals surface area (Å²) in [5, 5.41) is 2.45. The van der Waals surface area contributed by atoms with E-state index in [0.717, 1.165) is 67.8 Å². The van der Waals surface area contributed by atoms with Gasteiger partial charge in [0.2, 0.25) is 0 Å². The zero-order valence-corrected chi connectivity index (χ0v) is 42.2. The summed E-state index contributed by atoms with van der Waals surface area (Å²) in [5.41, 5.74) is 25.1. The van der Waals surface area contributed by atoms with E-state index in [1.54, 1.807) is 0 Å². The van der Waals surface area contributed by atoms with Gasteiger partial charge in [-0.2, -0.15) is 0 Å². The van der Waals surface area contributed by atoms with Crippen molar-refractivity contribution in [3.05, 3.63) is 273 Å². The molecule has 5 heteroatoms. The number of benzene rings is 10. The predicted octanol–water partition coefficient (Wildman–Crippen LogP) is 19.6. The van der Waals surface area contributed by atoms with Crippen LogP contribution in [0.15, 0.2) is 273 Å². The van der Waals surface area contributed by atoms with Crippen molar-refractivity contribution >= 4 is 55.9 Å². The molecule has 0 spiro atoms. The van der Waals surface area contributed by atoms with Gasteiger partial charge in [-0.25, -0.2) is 0 Å². The van der Waals surface area contributed by atoms with Crippen LogP contribution in [0.3, 0.4) is 0 Å². The highest BCUT2D eigenvalue weighted by molar-refractivity contribution is 6.14. The molecule has 360 valence electrons. The Kier molecular flexibility index (Phi) is 10.9. The molecular weight excluding hydrogens is 923 g/mol. The zero-order chi connectivity index (χ0) is 50.7. The van der Waals surface area contributed by atoms with Crippen LogP contribution in [0, 0.1) is 0 Å². The standard InChI is InChI=1S/C69H45N5.C2H6/c1-3-23-50(24-4-1)73-62-37-15-9-31-56(62)66-54-29-7-13-35-60(54)71(64-39-17-11-33-58(64)68(66)73)52-27-19-21-46(42-52)48-41-49(45-70-44-48)47-22-20-28-53(43-47)72-61-36-14-8-30-55(61)67-57-32-10-16-38-63(57)74(51-25-5-2-6-26-51)69(67)59-34-12-18-40-65(59)72;1-2/h1-45H;1-2H3. The quantitative estimate of drug-likeness (QED) is 0.166. The smallest absolute Gasteiger partial charge is 0.0641 e. The third-order valence-corrected chi connectivity index (χ3v) is 15.0. The lowest BCUT2D eigenvalue weighted by atomic mass is 9.98. The van der Waals surface area contributed by atoms with E-state index >= 15 is 0 Å². The normalized spacial score (nSPS) is 12.0. The minimum absolute atomic E-state index is 1.04. The fourth-order valence-electron chi connectivity index (χ4n) is 11.9. The van der Waals surface area contributed by atoms with Gasteiger partial charge < -0.3 is 18.9 Å². The molecule has 5 heterocycles. The molecule has 0 bridgehead atoms. The highest BCUT2D eigenvalue weighted by atomic mass is 15.2. The molecule has 13 aromatic rings. The monoisotopic (exact) mass is 973 g/mol. The number of rotatable bonds is 6. The lowest BCUT2D eigenvalue weighted by Crippen LogP contribution is -2.11. The van der Waals surface area contributed by atoms with E-state index < -0.39 is 0 Å². The molecule has 10 aromatic carbocycles. The van der Waals surface area contributed by atoms with E-state index in [2.05, 4.69) is 280 Å². The van der Waals surface area contributed by atoms with Crippen LogP contribution >= 0.6 is 0 Å². The molecule has 0 atom stereocenters. The number of fused-ring (bicyclic) bond motifs is 14. The number of hydrogen-bond donors (Lipinski definition) is 0. The number of hydrogen-bond acceptors (Lipinski definition) is 3. The number of para-hydroxylation sites is 8. The maximum atomic E-state index is 4.94. The molecule has 0 unspecified atom stereocenters. The molecule has 2 aliphatic rings. The summed E-state index contributed by atoms with van der Waals surface area (Å²) in [5.74, 6) is 0. The van der Waals surface area contributed by atoms with Gasteiger partial charge in [-0.1, -0.05) is 184 Å². The number of anilines is 6. The van der Waals surface area contributed by atoms with Gasteiger partial charge in [-0.05, 0) is 102 Å². The van der Waals surface area contributed by atoms with Crippen LogP contribution in [0.5, 0.6) is 0 Å². The van der Waals surface area contributed by atoms with Crippen LogP contribution in [0.4, 0.5) is 34.1 Å². The molecule has 0 saturated carbocycles. The third-order valence-electron chi connectivity index (χ3n) is 15.0. The van der Waals surface area contributed by atoms with Crippen molar-refractivity contribution in [2.24, 2.45) is 0 Å². The first-order valence-corrected chi connectivity index (χ1v) is 26.3. The molecule has 76 heavy (non-hydrogen) atoms. The Morgan fingerprint density at radius 3 is 1.05 bits per heavy atom. The summed E-state index contributed by atoms with van der Waals surface area (Å²) in [4.78, 5) is 9.82. The van der Waals surface area contributed by atoms with Gasteiger partial charge in [0.1, 0.15) is 0 Å². The van der Waals surface area contributed by atoms with E-state index in [9.17, 15) is 0 Å². The largest absolute Gasteiger partial charge is 0.309 e. The summed E-state index contributed by atoms with van der Waals surface area (Å²) in [6.07, 6.45) is 3.98. The summed E-state index contributed by atoms with van der Waals surface area (Å²) in [7, 11) is 0. The van der Waals surface area contributed by atoms with Gasteiger partial charge in [0.25, 0.3) is 0 Å². The predicted molar refractivity (Wildman–Crippen MR) is 318 cm³/mol. The van der Waals surface area contributed by atoms with Crippen molar-refractivity contribution in [2.75, 3.05) is 9.80 Å². The minimum atomic E-state index is 1.04. The summed E-state index contributed by atoms with van der Waals surface area (Å²) >= 11 is 0. The van der Waals surface area contributed by atoms with Crippen LogP contribution in [0.1, 0.15) is 13.8 Å². The second-order valence-corrected chi connectivity index (χ2v) is 19.1. The molecule has 0 saturated heterocycles. The summed E-state index contributed by atoms with van der Waals surface area (Å²) in [6, 6.07) is 94.8. The molecule has 5 nitrogen and oxygen atoms in total. The fourth-order valence-corrected chi connectivity index (χ4v) is 11.9. The van der Waals surface area contributed by atoms with Gasteiger partial charge >= 0.3 is 0 Å². The first kappa shape index (κ1) is 44.7. The zero-order valence-electron chi connectivity index (χ0n) is 42.2. The van der Waals surface area contributed by atoms with Gasteiger partial charge in [0.15, 0.2) is 0 Å². The van der Waals surface area contributed by atoms with Crippen molar-refractivity contribution in [2.45, 2.75) is 13.8 Å². The highest BCUT2D eigenvalue weighted by Gasteiger charge is 2.33. The Hall–Kier alpha value is -9.97. The van der Waals surface area contributed by atoms with Crippen molar-refractivity contribution in [1.29, 1.82) is 0 Å². The van der Waals surface area contributed by atoms with Gasteiger partial charge in [0, 0.05) is 90.4 Å². The average Bonchev–Trinajstić information content (AvgIpc) is 4.13. The van der Waals surface area contributed by atoms with Crippen molar-refractivity contribution in [1.82, 2.24) is 14.1 Å². The minimum Gasteiger partial charge on any atom is -0.309 e. The molecule has 3 aromatic heterocycles. The summed E-state index contributed by atoms with van der Waals surface area (Å²) < 4.78 is 4.89. The van der Waals surface area contributed by atoms with Crippen molar-refractivity contribution < 1.29 is 0 Å². The van der Waals surface area contributed by atoms with Crippen LogP contribution in [0.2, 0.25) is 0 Å². The Balaban J connectivity index is 0.00000261. The van der Waals surface area contributed by atoms with E-state index in [1.165, 1.54) is 66.6 Å². The number of pyridine rings is 1. The van der Waals surface area contributed by atoms with Crippen LogP contribution in [0.25, 0.3) is 100 Å². The lowest BCUT2D eigenvalue weighted by Gasteiger charge is -2.28. The fraction of sp³-hybridized carbons (Fsp3) is 0.0282. The van der Waals surface area contributed by atoms with E-state index in [4.69, 9.17) is 4.98 Å². The average molecular weight is 974 g/mol. The van der Waals surface area contributed by atoms with Crippen LogP contribution in [-0.2, 0) is 0 Å². The molecular formula is C71H51N5. The SMILES string of the molecule is CC.c1ccc(-n2c3c(c4ccccc42)-c2ccccc2N(c2cccc(-c4cncc(-c5cccc(N6c7ccccc7-c7c(n(-c8ccccc8)c8ccccc78)-c7ccccc76)c5)c4)c2)c2ccccc2-3)cc1. The first-order chi connectivity index (χ1) is 37.8. The van der Waals surface area contributed by atoms with E-state index in [-0.39, 0.29) is 0 Å². The molecule has 2 aliphatic heterocycles. The topological polar surface area (TPSA) is 29.2 Å². The Morgan fingerprint density at radius 2 is 0.618 bits per heavy atom. The lowest BCUT2D eigenvalue weighted by molar-refractivity contribution is 1.13. The second kappa shape index (κ2) is 18.5. The second-order valence-electron chi connectivity index (χ2n) is 19.1. The van der Waals surface area contributed by atoms with E-state index in [0.29, 0.717) is 0 Å². The Morgan fingerprint density at radius 1 is 0.276 bits per heavy atom. The first-order valence-electron chi connectivity index (χ1n) is 26.3. The molecule has 0 amide bonds. The van der Waals surface area contributed by atoms with E-state index in [1.807, 2.05) is 26.2 Å². The Bertz CT molecular complexity index is 4060. The Labute approximate surface area is 443 Å². The number of aromatic nitrogens is 3. The maximum absolute atomic E-state index is 4.94. The van der Waals surface area contributed by atoms with Crippen LogP contribution in [-0.4, -0.2) is 14.1 Å². The van der Waals surface area contributed by atoms with Crippen molar-refractivity contribution in [3.63, 3.8) is 0 Å². The summed E-state index contributed by atoms with van der Waals surface area (Å²) in [6.45, 7) is 4.00. The van der Waals surface area contributed by atoms with Gasteiger partial charge in [-0.3, -0.25) is 4.98 Å². The highest BCUT2D eigenvalue weighted by Crippen LogP contribution is 2.56. The van der Waals surface area contributed by atoms with Gasteiger partial charge in [0.05, 0.1) is 45.2 Å². The van der Waals surface area contributed by atoms with Crippen molar-refractivity contribution in [3.8, 4) is 78.4 Å². The molecule has 0 N–H and O–H groups in total. The maximum Gasteiger partial charge on any atom is 0.0641 e. The van der Waals surface area contributed by atoms with Gasteiger partial charge in [-0.15, -0.1) is 0 Å². The van der Waals surface area contributed by atoms with Crippen LogP contribution < -0.4 is 9.80 Å². The molecule has 15 rings (SSSR count). The molecule has 0 fully saturated rings. The molecule has 0 aliphatic carbocycles. The number of nitrogens with zero attached hydrogens (tertiary/aromatic N) is 5. The third kappa shape index (κ3) is 7.04. The molecule has 0 radical (unpaired) electrons.